The fourth-order valence-corrected chi connectivity index (χ4v) is 1.58. The second kappa shape index (κ2) is 4.93. The maximum atomic E-state index is 13.2. The van der Waals surface area contributed by atoms with Crippen LogP contribution in [-0.2, 0) is 0 Å². The maximum absolute atomic E-state index is 13.2. The number of alkyl halides is 5. The molecule has 0 aliphatic heterocycles. The summed E-state index contributed by atoms with van der Waals surface area (Å²) in [5.41, 5.74) is 0. The molecule has 1 N–H and O–H groups in total. The number of furan rings is 1. The van der Waals surface area contributed by atoms with E-state index < -0.39 is 23.9 Å². The van der Waals surface area contributed by atoms with E-state index in [1.807, 2.05) is 0 Å². The van der Waals surface area contributed by atoms with E-state index >= 15 is 0 Å². The molecule has 2 nitrogen and oxygen atoms in total. The minimum atomic E-state index is -5.64. The van der Waals surface area contributed by atoms with Gasteiger partial charge in [-0.3, -0.25) is 0 Å². The smallest absolute Gasteiger partial charge is 0.452 e. The molecule has 1 rings (SSSR count). The third-order valence-corrected chi connectivity index (χ3v) is 2.45. The predicted octanol–water partition coefficient (Wildman–Crippen LogP) is 3.89. The van der Waals surface area contributed by atoms with Gasteiger partial charge >= 0.3 is 12.1 Å². The lowest BCUT2D eigenvalue weighted by atomic mass is 10.1. The Morgan fingerprint density at radius 2 is 1.88 bits per heavy atom. The third kappa shape index (κ3) is 2.98. The molecule has 0 spiro atoms. The number of nitrogens with one attached hydrogen (secondary N) is 1. The first-order chi connectivity index (χ1) is 7.70. The van der Waals surface area contributed by atoms with Crippen molar-refractivity contribution in [2.75, 3.05) is 6.54 Å². The Labute approximate surface area is 102 Å². The average molecular weight is 322 g/mol. The summed E-state index contributed by atoms with van der Waals surface area (Å²) in [4.78, 5) is 0. The summed E-state index contributed by atoms with van der Waals surface area (Å²) in [6, 6.07) is 0.0854. The highest BCUT2D eigenvalue weighted by Crippen LogP contribution is 2.45. The molecular formula is C9H9BrF5NO. The molecule has 98 valence electrons. The summed E-state index contributed by atoms with van der Waals surface area (Å²) in [7, 11) is 0. The molecule has 0 radical (unpaired) electrons. The largest absolute Gasteiger partial charge is 0.455 e. The Kier molecular flexibility index (Phi) is 4.19. The molecule has 0 aromatic carbocycles. The number of hydrogen-bond acceptors (Lipinski definition) is 2. The zero-order valence-electron chi connectivity index (χ0n) is 8.62. The first-order valence-electron chi connectivity index (χ1n) is 4.63. The summed E-state index contributed by atoms with van der Waals surface area (Å²) < 4.78 is 68.0. The molecule has 1 aromatic heterocycles. The number of rotatable bonds is 4. The average Bonchev–Trinajstić information content (AvgIpc) is 2.58. The zero-order chi connectivity index (χ0) is 13.3. The Balaban J connectivity index is 3.09. The van der Waals surface area contributed by atoms with E-state index in [2.05, 4.69) is 21.2 Å². The van der Waals surface area contributed by atoms with Crippen LogP contribution < -0.4 is 5.32 Å². The summed E-state index contributed by atoms with van der Waals surface area (Å²) in [5.74, 6) is -5.37. The Morgan fingerprint density at radius 3 is 2.24 bits per heavy atom. The topological polar surface area (TPSA) is 25.2 Å². The highest BCUT2D eigenvalue weighted by atomic mass is 79.9. The summed E-state index contributed by atoms with van der Waals surface area (Å²) in [5, 5.41) is 2.07. The fourth-order valence-electron chi connectivity index (χ4n) is 1.26. The van der Waals surface area contributed by atoms with Crippen molar-refractivity contribution in [2.45, 2.75) is 25.1 Å². The lowest BCUT2D eigenvalue weighted by Gasteiger charge is -2.27. The van der Waals surface area contributed by atoms with Crippen LogP contribution in [0.1, 0.15) is 18.7 Å². The second-order valence-corrected chi connectivity index (χ2v) is 4.03. The molecule has 0 fully saturated rings. The minimum Gasteiger partial charge on any atom is -0.452 e. The summed E-state index contributed by atoms with van der Waals surface area (Å²) in [6.07, 6.45) is -5.64. The molecule has 17 heavy (non-hydrogen) atoms. The van der Waals surface area contributed by atoms with Gasteiger partial charge in [0.25, 0.3) is 0 Å². The van der Waals surface area contributed by atoms with Gasteiger partial charge in [0.05, 0.1) is 0 Å². The van der Waals surface area contributed by atoms with Crippen LogP contribution in [0.5, 0.6) is 0 Å². The van der Waals surface area contributed by atoms with Gasteiger partial charge in [0.1, 0.15) is 11.8 Å². The molecular weight excluding hydrogens is 313 g/mol. The van der Waals surface area contributed by atoms with Crippen molar-refractivity contribution in [3.63, 3.8) is 0 Å². The summed E-state index contributed by atoms with van der Waals surface area (Å²) >= 11 is 2.85. The first-order valence-corrected chi connectivity index (χ1v) is 5.42. The molecule has 0 aliphatic carbocycles. The van der Waals surface area contributed by atoms with E-state index in [9.17, 15) is 22.0 Å². The van der Waals surface area contributed by atoms with Crippen LogP contribution in [0.4, 0.5) is 22.0 Å². The molecule has 1 aromatic rings. The lowest BCUT2D eigenvalue weighted by Crippen LogP contribution is -2.47. The maximum Gasteiger partial charge on any atom is 0.455 e. The van der Waals surface area contributed by atoms with Crippen molar-refractivity contribution in [3.8, 4) is 0 Å². The molecule has 1 atom stereocenters. The van der Waals surface area contributed by atoms with Gasteiger partial charge < -0.3 is 9.73 Å². The standard InChI is InChI=1S/C9H9BrF5NO/c1-2-16-7(5-3-4-6(10)17-5)8(11,12)9(13,14)15/h3-4,7,16H,2H2,1H3. The van der Waals surface area contributed by atoms with Crippen molar-refractivity contribution >= 4 is 15.9 Å². The van der Waals surface area contributed by atoms with Gasteiger partial charge in [-0.1, -0.05) is 6.92 Å². The predicted molar refractivity (Wildman–Crippen MR) is 53.8 cm³/mol. The molecule has 1 unspecified atom stereocenters. The van der Waals surface area contributed by atoms with E-state index in [0.717, 1.165) is 6.07 Å². The van der Waals surface area contributed by atoms with E-state index in [1.165, 1.54) is 13.0 Å². The van der Waals surface area contributed by atoms with Crippen molar-refractivity contribution in [3.05, 3.63) is 22.6 Å². The van der Waals surface area contributed by atoms with E-state index in [0.29, 0.717) is 0 Å². The monoisotopic (exact) mass is 321 g/mol. The van der Waals surface area contributed by atoms with Gasteiger partial charge in [0.2, 0.25) is 0 Å². The van der Waals surface area contributed by atoms with Gasteiger partial charge in [-0.05, 0) is 34.6 Å². The molecule has 0 bridgehead atoms. The van der Waals surface area contributed by atoms with Crippen LogP contribution in [0.25, 0.3) is 0 Å². The van der Waals surface area contributed by atoms with Crippen LogP contribution in [-0.4, -0.2) is 18.6 Å². The normalized spacial score (nSPS) is 15.0. The van der Waals surface area contributed by atoms with E-state index in [4.69, 9.17) is 4.42 Å². The van der Waals surface area contributed by atoms with Crippen molar-refractivity contribution in [1.29, 1.82) is 0 Å². The van der Waals surface area contributed by atoms with Gasteiger partial charge in [0, 0.05) is 0 Å². The van der Waals surface area contributed by atoms with Crippen LogP contribution in [0, 0.1) is 0 Å². The highest BCUT2D eigenvalue weighted by molar-refractivity contribution is 9.10. The Hall–Kier alpha value is -0.630. The molecule has 0 saturated carbocycles. The second-order valence-electron chi connectivity index (χ2n) is 3.25. The fraction of sp³-hybridized carbons (Fsp3) is 0.556. The molecule has 1 heterocycles. The molecule has 0 aliphatic rings. The molecule has 0 saturated heterocycles. The third-order valence-electron chi connectivity index (χ3n) is 2.03. The van der Waals surface area contributed by atoms with Crippen molar-refractivity contribution in [1.82, 2.24) is 5.32 Å². The quantitative estimate of drug-likeness (QED) is 0.851. The zero-order valence-corrected chi connectivity index (χ0v) is 10.2. The van der Waals surface area contributed by atoms with Crippen molar-refractivity contribution < 1.29 is 26.4 Å². The van der Waals surface area contributed by atoms with Crippen molar-refractivity contribution in [2.24, 2.45) is 0 Å². The van der Waals surface area contributed by atoms with Gasteiger partial charge in [-0.2, -0.15) is 22.0 Å². The highest BCUT2D eigenvalue weighted by Gasteiger charge is 2.63. The SMILES string of the molecule is CCNC(c1ccc(Br)o1)C(F)(F)C(F)(F)F. The summed E-state index contributed by atoms with van der Waals surface area (Å²) in [6.45, 7) is 1.38. The van der Waals surface area contributed by atoms with Crippen LogP contribution in [0.3, 0.4) is 0 Å². The van der Waals surface area contributed by atoms with E-state index in [-0.39, 0.29) is 11.2 Å². The first kappa shape index (κ1) is 14.4. The Morgan fingerprint density at radius 1 is 1.29 bits per heavy atom. The van der Waals surface area contributed by atoms with Crippen LogP contribution in [0.2, 0.25) is 0 Å². The minimum absolute atomic E-state index is 0.0470. The van der Waals surface area contributed by atoms with Gasteiger partial charge in [-0.15, -0.1) is 0 Å². The Bertz CT molecular complexity index is 376. The lowest BCUT2D eigenvalue weighted by molar-refractivity contribution is -0.295. The van der Waals surface area contributed by atoms with Crippen LogP contribution in [0.15, 0.2) is 21.2 Å². The van der Waals surface area contributed by atoms with Gasteiger partial charge in [0.15, 0.2) is 4.67 Å². The molecule has 0 amide bonds. The van der Waals surface area contributed by atoms with Crippen LogP contribution >= 0.6 is 15.9 Å². The molecule has 8 heteroatoms. The van der Waals surface area contributed by atoms with E-state index in [1.54, 1.807) is 0 Å². The van der Waals surface area contributed by atoms with Gasteiger partial charge in [-0.25, -0.2) is 0 Å². The number of halogens is 6. The number of hydrogen-bond donors (Lipinski definition) is 1.